The predicted molar refractivity (Wildman–Crippen MR) is 156 cm³/mol. The standard InChI is InChI=1S/C35H37N/c1-24(2)27-19-21-30(22-20-27)34-23-14-25(3)31(35(34)36)12-6-8-26-15-17-29(18-16-26)33-13-7-10-28-9-4-5-11-32(28)33/h4-7,9-13,15-19,21,24H,8,14,20,22-23,36H2,1-3H3/b12-6-. The molecule has 3 aromatic rings. The van der Waals surface area contributed by atoms with Gasteiger partial charge in [-0.25, -0.2) is 0 Å². The maximum Gasteiger partial charge on any atom is 0.0422 e. The third-order valence-electron chi connectivity index (χ3n) is 7.83. The van der Waals surface area contributed by atoms with E-state index < -0.39 is 0 Å². The van der Waals surface area contributed by atoms with Gasteiger partial charge in [0.05, 0.1) is 0 Å². The predicted octanol–water partition coefficient (Wildman–Crippen LogP) is 9.23. The number of hydrogen-bond acceptors (Lipinski definition) is 1. The first kappa shape index (κ1) is 24.1. The fourth-order valence-corrected chi connectivity index (χ4v) is 5.54. The Morgan fingerprint density at radius 2 is 1.61 bits per heavy atom. The average molecular weight is 472 g/mol. The summed E-state index contributed by atoms with van der Waals surface area (Å²) in [6.45, 7) is 6.80. The molecule has 3 aromatic carbocycles. The number of benzene rings is 3. The van der Waals surface area contributed by atoms with E-state index >= 15 is 0 Å². The molecule has 0 bridgehead atoms. The van der Waals surface area contributed by atoms with E-state index in [4.69, 9.17) is 5.73 Å². The smallest absolute Gasteiger partial charge is 0.0422 e. The Bertz CT molecular complexity index is 1420. The molecule has 182 valence electrons. The second-order valence-electron chi connectivity index (χ2n) is 10.5. The second-order valence-corrected chi connectivity index (χ2v) is 10.5. The van der Waals surface area contributed by atoms with Crippen molar-refractivity contribution in [2.75, 3.05) is 0 Å². The number of hydrogen-bond donors (Lipinski definition) is 1. The van der Waals surface area contributed by atoms with E-state index in [0.717, 1.165) is 37.8 Å². The fourth-order valence-electron chi connectivity index (χ4n) is 5.54. The van der Waals surface area contributed by atoms with Crippen LogP contribution in [0.4, 0.5) is 0 Å². The molecule has 0 amide bonds. The summed E-state index contributed by atoms with van der Waals surface area (Å²) in [7, 11) is 0. The summed E-state index contributed by atoms with van der Waals surface area (Å²) in [6, 6.07) is 24.1. The highest BCUT2D eigenvalue weighted by Gasteiger charge is 2.20. The Morgan fingerprint density at radius 1 is 0.833 bits per heavy atom. The molecule has 5 rings (SSSR count). The SMILES string of the molecule is CC1=C(/C=C\Cc2ccc(-c3cccc4ccccc34)cc2)C(N)=C(C2=CC=C(C(C)C)CC2)CC1. The van der Waals surface area contributed by atoms with Crippen LogP contribution < -0.4 is 5.73 Å². The molecule has 0 saturated carbocycles. The van der Waals surface area contributed by atoms with Crippen LogP contribution in [0.25, 0.3) is 21.9 Å². The molecule has 2 N–H and O–H groups in total. The molecule has 1 nitrogen and oxygen atoms in total. The molecule has 0 saturated heterocycles. The normalized spacial score (nSPS) is 16.8. The van der Waals surface area contributed by atoms with Crippen LogP contribution in [0, 0.1) is 5.92 Å². The number of nitrogens with two attached hydrogens (primary N) is 1. The quantitative estimate of drug-likeness (QED) is 0.381. The van der Waals surface area contributed by atoms with Gasteiger partial charge >= 0.3 is 0 Å². The minimum Gasteiger partial charge on any atom is -0.398 e. The van der Waals surface area contributed by atoms with Crippen LogP contribution >= 0.6 is 0 Å². The first-order valence-corrected chi connectivity index (χ1v) is 13.3. The molecular weight excluding hydrogens is 434 g/mol. The van der Waals surface area contributed by atoms with Gasteiger partial charge in [-0.2, -0.15) is 0 Å². The van der Waals surface area contributed by atoms with Gasteiger partial charge < -0.3 is 5.73 Å². The third kappa shape index (κ3) is 5.02. The number of allylic oxidation sites excluding steroid dienone is 8. The van der Waals surface area contributed by atoms with E-state index in [1.54, 1.807) is 5.57 Å². The first-order valence-electron chi connectivity index (χ1n) is 13.3. The van der Waals surface area contributed by atoms with Crippen molar-refractivity contribution in [3.63, 3.8) is 0 Å². The zero-order chi connectivity index (χ0) is 25.1. The summed E-state index contributed by atoms with van der Waals surface area (Å²) in [5.74, 6) is 0.627. The van der Waals surface area contributed by atoms with Crippen LogP contribution in [-0.2, 0) is 6.42 Å². The monoisotopic (exact) mass is 471 g/mol. The Morgan fingerprint density at radius 3 is 2.36 bits per heavy atom. The number of rotatable bonds is 6. The topological polar surface area (TPSA) is 26.0 Å². The molecular formula is C35H37N. The van der Waals surface area contributed by atoms with Crippen molar-refractivity contribution in [1.82, 2.24) is 0 Å². The van der Waals surface area contributed by atoms with Gasteiger partial charge in [0.15, 0.2) is 0 Å². The summed E-state index contributed by atoms with van der Waals surface area (Å²) in [4.78, 5) is 0. The molecule has 2 aliphatic rings. The lowest BCUT2D eigenvalue weighted by Crippen LogP contribution is -2.14. The second kappa shape index (κ2) is 10.6. The van der Waals surface area contributed by atoms with Crippen LogP contribution in [0.5, 0.6) is 0 Å². The van der Waals surface area contributed by atoms with Crippen molar-refractivity contribution in [3.8, 4) is 11.1 Å². The van der Waals surface area contributed by atoms with Gasteiger partial charge in [0.25, 0.3) is 0 Å². The highest BCUT2D eigenvalue weighted by molar-refractivity contribution is 5.96. The van der Waals surface area contributed by atoms with Gasteiger partial charge in [-0.1, -0.05) is 116 Å². The van der Waals surface area contributed by atoms with Crippen molar-refractivity contribution in [3.05, 3.63) is 130 Å². The lowest BCUT2D eigenvalue weighted by atomic mass is 9.81. The van der Waals surface area contributed by atoms with Gasteiger partial charge in [0.1, 0.15) is 0 Å². The molecule has 0 heterocycles. The maximum atomic E-state index is 6.76. The Hall–Kier alpha value is -3.58. The van der Waals surface area contributed by atoms with Crippen LogP contribution in [0.1, 0.15) is 52.0 Å². The highest BCUT2D eigenvalue weighted by atomic mass is 14.6. The van der Waals surface area contributed by atoms with Gasteiger partial charge in [-0.3, -0.25) is 0 Å². The van der Waals surface area contributed by atoms with Crippen LogP contribution in [0.2, 0.25) is 0 Å². The van der Waals surface area contributed by atoms with E-state index in [1.165, 1.54) is 49.8 Å². The van der Waals surface area contributed by atoms with Gasteiger partial charge in [-0.05, 0) is 89.1 Å². The molecule has 0 radical (unpaired) electrons. The minimum atomic E-state index is 0.627. The first-order chi connectivity index (χ1) is 17.5. The maximum absolute atomic E-state index is 6.76. The summed E-state index contributed by atoms with van der Waals surface area (Å²) >= 11 is 0. The summed E-state index contributed by atoms with van der Waals surface area (Å²) in [6.07, 6.45) is 14.5. The van der Waals surface area contributed by atoms with E-state index in [9.17, 15) is 0 Å². The molecule has 36 heavy (non-hydrogen) atoms. The van der Waals surface area contributed by atoms with Crippen LogP contribution in [-0.4, -0.2) is 0 Å². The number of fused-ring (bicyclic) bond motifs is 1. The minimum absolute atomic E-state index is 0.627. The fraction of sp³-hybridized carbons (Fsp3) is 0.257. The summed E-state index contributed by atoms with van der Waals surface area (Å²) < 4.78 is 0. The molecule has 0 unspecified atom stereocenters. The van der Waals surface area contributed by atoms with Gasteiger partial charge in [0.2, 0.25) is 0 Å². The van der Waals surface area contributed by atoms with E-state index in [0.29, 0.717) is 5.92 Å². The lowest BCUT2D eigenvalue weighted by Gasteiger charge is -2.25. The van der Waals surface area contributed by atoms with Crippen molar-refractivity contribution in [2.24, 2.45) is 11.7 Å². The lowest BCUT2D eigenvalue weighted by molar-refractivity contribution is 0.697. The van der Waals surface area contributed by atoms with Crippen LogP contribution in [0.3, 0.4) is 0 Å². The van der Waals surface area contributed by atoms with E-state index in [1.807, 2.05) is 0 Å². The van der Waals surface area contributed by atoms with Crippen molar-refractivity contribution < 1.29 is 0 Å². The molecule has 0 spiro atoms. The molecule has 0 aliphatic heterocycles. The van der Waals surface area contributed by atoms with Crippen LogP contribution in [0.15, 0.2) is 125 Å². The third-order valence-corrected chi connectivity index (χ3v) is 7.83. The Balaban J connectivity index is 1.31. The molecule has 1 heteroatoms. The van der Waals surface area contributed by atoms with E-state index in [-0.39, 0.29) is 0 Å². The Kier molecular flexibility index (Phi) is 7.09. The van der Waals surface area contributed by atoms with Crippen molar-refractivity contribution in [1.29, 1.82) is 0 Å². The zero-order valence-corrected chi connectivity index (χ0v) is 21.9. The zero-order valence-electron chi connectivity index (χ0n) is 21.9. The average Bonchev–Trinajstić information content (AvgIpc) is 2.91. The molecule has 0 aromatic heterocycles. The largest absolute Gasteiger partial charge is 0.398 e. The van der Waals surface area contributed by atoms with Gasteiger partial charge in [-0.15, -0.1) is 0 Å². The van der Waals surface area contributed by atoms with Crippen molar-refractivity contribution >= 4 is 10.8 Å². The Labute approximate surface area is 216 Å². The van der Waals surface area contributed by atoms with Gasteiger partial charge in [0, 0.05) is 5.70 Å². The van der Waals surface area contributed by atoms with Crippen molar-refractivity contribution in [2.45, 2.75) is 52.9 Å². The van der Waals surface area contributed by atoms with E-state index in [2.05, 4.69) is 112 Å². The summed E-state index contributed by atoms with van der Waals surface area (Å²) in [5.41, 5.74) is 18.6. The molecule has 0 fully saturated rings. The summed E-state index contributed by atoms with van der Waals surface area (Å²) in [5, 5.41) is 2.58. The molecule has 0 atom stereocenters. The molecule has 2 aliphatic carbocycles. The highest BCUT2D eigenvalue weighted by Crippen LogP contribution is 2.37.